The predicted molar refractivity (Wildman–Crippen MR) is 143 cm³/mol. The van der Waals surface area contributed by atoms with Crippen LogP contribution < -0.4 is 20.5 Å². The molecule has 4 aromatic rings. The normalized spacial score (nSPS) is 10.9. The third-order valence-electron chi connectivity index (χ3n) is 6.09. The number of anilines is 2. The Balaban J connectivity index is 1.57. The van der Waals surface area contributed by atoms with Crippen LogP contribution in [0.4, 0.5) is 15.9 Å². The van der Waals surface area contributed by atoms with Gasteiger partial charge in [-0.1, -0.05) is 29.8 Å². The molecule has 0 saturated carbocycles. The molecule has 0 fully saturated rings. The lowest BCUT2D eigenvalue weighted by Gasteiger charge is -2.21. The molecule has 10 heteroatoms. The Morgan fingerprint density at radius 2 is 1.81 bits per heavy atom. The van der Waals surface area contributed by atoms with Gasteiger partial charge in [-0.2, -0.15) is 0 Å². The zero-order valence-corrected chi connectivity index (χ0v) is 21.7. The van der Waals surface area contributed by atoms with E-state index in [0.717, 1.165) is 6.07 Å². The van der Waals surface area contributed by atoms with Crippen LogP contribution in [0.15, 0.2) is 65.6 Å². The quantitative estimate of drug-likeness (QED) is 0.327. The minimum Gasteiger partial charge on any atom is -0.453 e. The van der Waals surface area contributed by atoms with Crippen molar-refractivity contribution in [3.8, 4) is 17.2 Å². The lowest BCUT2D eigenvalue weighted by Crippen LogP contribution is -2.25. The lowest BCUT2D eigenvalue weighted by atomic mass is 10.2. The van der Waals surface area contributed by atoms with Gasteiger partial charge in [-0.25, -0.2) is 14.1 Å². The number of carbonyl (C=O) groups is 1. The Morgan fingerprint density at radius 3 is 2.46 bits per heavy atom. The van der Waals surface area contributed by atoms with E-state index < -0.39 is 17.3 Å². The van der Waals surface area contributed by atoms with Crippen LogP contribution in [0.2, 0.25) is 5.02 Å². The number of nitrogens with zero attached hydrogens (tertiary/aromatic N) is 4. The number of ether oxygens (including phenoxy) is 1. The molecule has 0 saturated heterocycles. The molecule has 0 spiro atoms. The van der Waals surface area contributed by atoms with Gasteiger partial charge in [-0.15, -0.1) is 0 Å². The molecule has 2 heterocycles. The maximum Gasteiger partial charge on any atom is 0.284 e. The van der Waals surface area contributed by atoms with E-state index >= 15 is 0 Å². The van der Waals surface area contributed by atoms with Crippen LogP contribution in [0, 0.1) is 12.7 Å². The molecule has 1 N–H and O–H groups in total. The van der Waals surface area contributed by atoms with Gasteiger partial charge in [0, 0.05) is 44.2 Å². The zero-order valence-electron chi connectivity index (χ0n) is 21.0. The Hall–Kier alpha value is -4.11. The summed E-state index contributed by atoms with van der Waals surface area (Å²) in [5, 5.41) is 2.89. The molecule has 37 heavy (non-hydrogen) atoms. The van der Waals surface area contributed by atoms with Crippen LogP contribution in [-0.2, 0) is 7.05 Å². The van der Waals surface area contributed by atoms with E-state index in [1.165, 1.54) is 16.8 Å². The zero-order chi connectivity index (χ0) is 26.7. The first-order valence-electron chi connectivity index (χ1n) is 11.8. The fraction of sp³-hybridized carbons (Fsp3) is 0.222. The molecule has 0 aliphatic rings. The number of para-hydroxylation sites is 1. The maximum atomic E-state index is 14.9. The maximum absolute atomic E-state index is 14.9. The Bertz CT molecular complexity index is 1500. The van der Waals surface area contributed by atoms with E-state index in [0.29, 0.717) is 30.3 Å². The van der Waals surface area contributed by atoms with Crippen LogP contribution in [0.1, 0.15) is 29.9 Å². The molecule has 8 nitrogen and oxygen atoms in total. The first-order chi connectivity index (χ1) is 17.8. The van der Waals surface area contributed by atoms with Gasteiger partial charge >= 0.3 is 0 Å². The lowest BCUT2D eigenvalue weighted by molar-refractivity contribution is 0.102. The van der Waals surface area contributed by atoms with E-state index in [1.807, 2.05) is 24.8 Å². The molecule has 192 valence electrons. The average molecular weight is 524 g/mol. The van der Waals surface area contributed by atoms with Crippen molar-refractivity contribution in [2.45, 2.75) is 20.8 Å². The summed E-state index contributed by atoms with van der Waals surface area (Å²) in [5.41, 5.74) is 0.778. The number of hydrogen-bond acceptors (Lipinski definition) is 5. The summed E-state index contributed by atoms with van der Waals surface area (Å²) in [6.07, 6.45) is 1.55. The van der Waals surface area contributed by atoms with Gasteiger partial charge in [-0.05, 0) is 45.0 Å². The molecule has 0 aliphatic heterocycles. The van der Waals surface area contributed by atoms with Gasteiger partial charge in [0.15, 0.2) is 23.1 Å². The van der Waals surface area contributed by atoms with Crippen molar-refractivity contribution in [1.82, 2.24) is 14.3 Å². The number of rotatable bonds is 8. The van der Waals surface area contributed by atoms with Gasteiger partial charge in [-0.3, -0.25) is 14.3 Å². The second-order valence-corrected chi connectivity index (χ2v) is 8.63. The highest BCUT2D eigenvalue weighted by Crippen LogP contribution is 2.36. The van der Waals surface area contributed by atoms with Crippen LogP contribution in [0.25, 0.3) is 5.69 Å². The number of halogens is 2. The summed E-state index contributed by atoms with van der Waals surface area (Å²) in [4.78, 5) is 32.4. The molecule has 0 atom stereocenters. The summed E-state index contributed by atoms with van der Waals surface area (Å²) in [6.45, 7) is 7.04. The van der Waals surface area contributed by atoms with Crippen molar-refractivity contribution in [1.29, 1.82) is 0 Å². The number of nitrogens with one attached hydrogen (secondary N) is 1. The molecular formula is C27H27ClFN5O3. The molecular weight excluding hydrogens is 497 g/mol. The monoisotopic (exact) mass is 523 g/mol. The summed E-state index contributed by atoms with van der Waals surface area (Å²) >= 11 is 6.48. The molecule has 2 aromatic carbocycles. The van der Waals surface area contributed by atoms with Crippen LogP contribution in [-0.4, -0.2) is 33.3 Å². The second-order valence-electron chi connectivity index (χ2n) is 8.26. The smallest absolute Gasteiger partial charge is 0.284 e. The molecule has 0 unspecified atom stereocenters. The van der Waals surface area contributed by atoms with Crippen molar-refractivity contribution in [2.24, 2.45) is 7.05 Å². The highest BCUT2D eigenvalue weighted by Gasteiger charge is 2.23. The number of carbonyl (C=O) groups excluding carboxylic acids is 1. The van der Waals surface area contributed by atoms with Crippen molar-refractivity contribution in [3.63, 3.8) is 0 Å². The SMILES string of the molecule is CCN(CC)c1nccc(Oc2ccc(NC(=O)c3c(C)n(C)n(-c4ccccc4)c3=O)cc2F)c1Cl. The fourth-order valence-corrected chi connectivity index (χ4v) is 4.31. The second kappa shape index (κ2) is 10.9. The van der Waals surface area contributed by atoms with Gasteiger partial charge in [0.25, 0.3) is 11.5 Å². The third kappa shape index (κ3) is 5.08. The van der Waals surface area contributed by atoms with Crippen LogP contribution in [0.3, 0.4) is 0 Å². The minimum absolute atomic E-state index is 0.0282. The highest BCUT2D eigenvalue weighted by atomic mass is 35.5. The number of amides is 1. The summed E-state index contributed by atoms with van der Waals surface area (Å²) in [7, 11) is 1.70. The standard InChI is InChI=1S/C27H27ClFN5O3/c1-5-33(6-2)25-24(28)22(14-15-30-25)37-21-13-12-18(16-20(21)29)31-26(35)23-17(3)32(4)34(27(23)36)19-10-8-7-9-11-19/h7-16H,5-6H2,1-4H3,(H,31,35). The van der Waals surface area contributed by atoms with Gasteiger partial charge in [0.05, 0.1) is 11.4 Å². The number of pyridine rings is 1. The molecule has 0 radical (unpaired) electrons. The van der Waals surface area contributed by atoms with E-state index in [-0.39, 0.29) is 27.8 Å². The summed E-state index contributed by atoms with van der Waals surface area (Å²) in [6, 6.07) is 14.6. The van der Waals surface area contributed by atoms with Gasteiger partial charge < -0.3 is 15.0 Å². The Kier molecular flexibility index (Phi) is 7.63. The Labute approximate surface area is 218 Å². The van der Waals surface area contributed by atoms with Gasteiger partial charge in [0.2, 0.25) is 0 Å². The fourth-order valence-electron chi connectivity index (χ4n) is 4.04. The summed E-state index contributed by atoms with van der Waals surface area (Å²) < 4.78 is 23.7. The number of hydrogen-bond donors (Lipinski definition) is 1. The van der Waals surface area contributed by atoms with Gasteiger partial charge in [0.1, 0.15) is 10.6 Å². The minimum atomic E-state index is -0.707. The van der Waals surface area contributed by atoms with Crippen LogP contribution >= 0.6 is 11.6 Å². The van der Waals surface area contributed by atoms with Crippen molar-refractivity contribution >= 4 is 29.0 Å². The molecule has 0 aliphatic carbocycles. The predicted octanol–water partition coefficient (Wildman–Crippen LogP) is 5.56. The Morgan fingerprint density at radius 1 is 1.11 bits per heavy atom. The molecule has 0 bridgehead atoms. The number of aromatic nitrogens is 3. The largest absolute Gasteiger partial charge is 0.453 e. The molecule has 1 amide bonds. The van der Waals surface area contributed by atoms with E-state index in [9.17, 15) is 14.0 Å². The van der Waals surface area contributed by atoms with Crippen molar-refractivity contribution in [3.05, 3.63) is 93.2 Å². The van der Waals surface area contributed by atoms with E-state index in [2.05, 4.69) is 10.3 Å². The van der Waals surface area contributed by atoms with Crippen LogP contribution in [0.5, 0.6) is 11.5 Å². The summed E-state index contributed by atoms with van der Waals surface area (Å²) in [5.74, 6) is -0.606. The topological polar surface area (TPSA) is 81.4 Å². The molecule has 2 aromatic heterocycles. The number of benzene rings is 2. The third-order valence-corrected chi connectivity index (χ3v) is 6.44. The highest BCUT2D eigenvalue weighted by molar-refractivity contribution is 6.34. The first-order valence-corrected chi connectivity index (χ1v) is 12.2. The van der Waals surface area contributed by atoms with Crippen molar-refractivity contribution < 1.29 is 13.9 Å². The first kappa shape index (κ1) is 26.0. The van der Waals surface area contributed by atoms with E-state index in [1.54, 1.807) is 55.2 Å². The average Bonchev–Trinajstić information content (AvgIpc) is 3.11. The van der Waals surface area contributed by atoms with E-state index in [4.69, 9.17) is 16.3 Å². The molecule has 4 rings (SSSR count). The van der Waals surface area contributed by atoms with Crippen molar-refractivity contribution in [2.75, 3.05) is 23.3 Å².